The van der Waals surface area contributed by atoms with E-state index >= 15 is 0 Å². The van der Waals surface area contributed by atoms with Crippen molar-refractivity contribution in [2.24, 2.45) is 5.73 Å². The van der Waals surface area contributed by atoms with Crippen molar-refractivity contribution in [2.45, 2.75) is 25.9 Å². The molecule has 0 spiro atoms. The van der Waals surface area contributed by atoms with Crippen LogP contribution >= 0.6 is 0 Å². The van der Waals surface area contributed by atoms with Crippen molar-refractivity contribution in [3.63, 3.8) is 0 Å². The number of alkyl halides is 3. The van der Waals surface area contributed by atoms with Gasteiger partial charge in [0.05, 0.1) is 5.56 Å². The van der Waals surface area contributed by atoms with Crippen molar-refractivity contribution in [3.8, 4) is 5.69 Å². The van der Waals surface area contributed by atoms with Crippen molar-refractivity contribution in [3.05, 3.63) is 47.5 Å². The van der Waals surface area contributed by atoms with E-state index in [1.807, 2.05) is 6.92 Å². The SMILES string of the molecule is CCCc1nccn1-c1ccc(C(=N)N)c(C(F)(F)F)c1. The first kappa shape index (κ1) is 15.1. The van der Waals surface area contributed by atoms with E-state index in [1.165, 1.54) is 12.1 Å². The van der Waals surface area contributed by atoms with Gasteiger partial charge in [-0.1, -0.05) is 6.92 Å². The number of amidine groups is 1. The number of nitrogens with two attached hydrogens (primary N) is 1. The normalized spacial score (nSPS) is 11.6. The lowest BCUT2D eigenvalue weighted by Gasteiger charge is -2.15. The first-order chi connectivity index (χ1) is 9.84. The molecule has 112 valence electrons. The number of hydrogen-bond acceptors (Lipinski definition) is 2. The smallest absolute Gasteiger partial charge is 0.384 e. The van der Waals surface area contributed by atoms with Gasteiger partial charge in [-0.05, 0) is 24.6 Å². The second-order valence-corrected chi connectivity index (χ2v) is 4.60. The minimum atomic E-state index is -4.57. The van der Waals surface area contributed by atoms with Crippen molar-refractivity contribution in [2.75, 3.05) is 0 Å². The van der Waals surface area contributed by atoms with Crippen molar-refractivity contribution in [1.82, 2.24) is 9.55 Å². The number of halogens is 3. The Bertz CT molecular complexity index is 658. The molecule has 0 saturated carbocycles. The largest absolute Gasteiger partial charge is 0.417 e. The fourth-order valence-corrected chi connectivity index (χ4v) is 2.13. The lowest BCUT2D eigenvalue weighted by atomic mass is 10.0. The molecule has 0 unspecified atom stereocenters. The minimum Gasteiger partial charge on any atom is -0.384 e. The maximum Gasteiger partial charge on any atom is 0.417 e. The molecule has 7 heteroatoms. The van der Waals surface area contributed by atoms with Crippen LogP contribution in [0.25, 0.3) is 5.69 Å². The Balaban J connectivity index is 2.57. The van der Waals surface area contributed by atoms with Crippen molar-refractivity contribution < 1.29 is 13.2 Å². The van der Waals surface area contributed by atoms with Crippen LogP contribution in [0.15, 0.2) is 30.6 Å². The minimum absolute atomic E-state index is 0.316. The van der Waals surface area contributed by atoms with Crippen LogP contribution in [0.1, 0.15) is 30.3 Å². The van der Waals surface area contributed by atoms with Crippen LogP contribution in [-0.4, -0.2) is 15.4 Å². The zero-order valence-corrected chi connectivity index (χ0v) is 11.4. The summed E-state index contributed by atoms with van der Waals surface area (Å²) in [7, 11) is 0. The number of nitrogens with zero attached hydrogens (tertiary/aromatic N) is 2. The Morgan fingerprint density at radius 2 is 2.10 bits per heavy atom. The zero-order valence-electron chi connectivity index (χ0n) is 11.4. The number of imidazole rings is 1. The predicted molar refractivity (Wildman–Crippen MR) is 73.6 cm³/mol. The quantitative estimate of drug-likeness (QED) is 0.672. The maximum absolute atomic E-state index is 13.1. The second kappa shape index (κ2) is 5.59. The Labute approximate surface area is 119 Å². The van der Waals surface area contributed by atoms with Gasteiger partial charge >= 0.3 is 6.18 Å². The Morgan fingerprint density at radius 1 is 1.38 bits per heavy atom. The molecule has 0 amide bonds. The summed E-state index contributed by atoms with van der Waals surface area (Å²) in [6, 6.07) is 3.72. The molecule has 0 aliphatic carbocycles. The highest BCUT2D eigenvalue weighted by atomic mass is 19.4. The number of nitrogen functional groups attached to an aromatic ring is 1. The second-order valence-electron chi connectivity index (χ2n) is 4.60. The fourth-order valence-electron chi connectivity index (χ4n) is 2.13. The number of hydrogen-bond donors (Lipinski definition) is 2. The molecule has 1 aromatic carbocycles. The molecule has 0 aliphatic heterocycles. The van der Waals surface area contributed by atoms with E-state index in [1.54, 1.807) is 17.0 Å². The molecule has 2 rings (SSSR count). The van der Waals surface area contributed by atoms with Gasteiger partial charge in [-0.2, -0.15) is 13.2 Å². The molecule has 1 aromatic heterocycles. The molecular formula is C14H15F3N4. The zero-order chi connectivity index (χ0) is 15.6. The van der Waals surface area contributed by atoms with Crippen LogP contribution in [0.5, 0.6) is 0 Å². The third-order valence-electron chi connectivity index (χ3n) is 3.07. The molecule has 0 radical (unpaired) electrons. The molecule has 4 nitrogen and oxygen atoms in total. The molecule has 3 N–H and O–H groups in total. The summed E-state index contributed by atoms with van der Waals surface area (Å²) in [5.41, 5.74) is 4.35. The van der Waals surface area contributed by atoms with Crippen LogP contribution in [0.2, 0.25) is 0 Å². The maximum atomic E-state index is 13.1. The molecule has 0 aliphatic rings. The summed E-state index contributed by atoms with van der Waals surface area (Å²) in [5, 5.41) is 7.27. The lowest BCUT2D eigenvalue weighted by molar-refractivity contribution is -0.137. The summed E-state index contributed by atoms with van der Waals surface area (Å²) in [5.74, 6) is 0.0921. The van der Waals surface area contributed by atoms with Gasteiger partial charge in [-0.15, -0.1) is 0 Å². The summed E-state index contributed by atoms with van der Waals surface area (Å²) >= 11 is 0. The van der Waals surface area contributed by atoms with Gasteiger partial charge in [0.1, 0.15) is 11.7 Å². The van der Waals surface area contributed by atoms with E-state index in [-0.39, 0.29) is 5.56 Å². The lowest BCUT2D eigenvalue weighted by Crippen LogP contribution is -2.19. The van der Waals surface area contributed by atoms with Crippen molar-refractivity contribution in [1.29, 1.82) is 5.41 Å². The molecule has 0 fully saturated rings. The molecular weight excluding hydrogens is 281 g/mol. The highest BCUT2D eigenvalue weighted by Crippen LogP contribution is 2.33. The van der Waals surface area contributed by atoms with E-state index in [4.69, 9.17) is 11.1 Å². The van der Waals surface area contributed by atoms with Gasteiger partial charge in [0.2, 0.25) is 0 Å². The van der Waals surface area contributed by atoms with Crippen LogP contribution in [-0.2, 0) is 12.6 Å². The molecule has 1 heterocycles. The van der Waals surface area contributed by atoms with Crippen LogP contribution in [0.4, 0.5) is 13.2 Å². The molecule has 0 saturated heterocycles. The fraction of sp³-hybridized carbons (Fsp3) is 0.286. The highest BCUT2D eigenvalue weighted by Gasteiger charge is 2.34. The Kier molecular flexibility index (Phi) is 4.02. The molecule has 21 heavy (non-hydrogen) atoms. The van der Waals surface area contributed by atoms with Gasteiger partial charge in [0.15, 0.2) is 0 Å². The van der Waals surface area contributed by atoms with E-state index in [2.05, 4.69) is 4.98 Å². The van der Waals surface area contributed by atoms with Gasteiger partial charge in [0, 0.05) is 30.1 Å². The van der Waals surface area contributed by atoms with E-state index in [0.29, 0.717) is 17.9 Å². The number of nitrogens with one attached hydrogen (secondary N) is 1. The molecule has 0 bridgehead atoms. The molecule has 2 aromatic rings. The monoisotopic (exact) mass is 296 g/mol. The number of aromatic nitrogens is 2. The number of rotatable bonds is 4. The van der Waals surface area contributed by atoms with Gasteiger partial charge in [0.25, 0.3) is 0 Å². The summed E-state index contributed by atoms with van der Waals surface area (Å²) in [6.07, 6.45) is 0.116. The van der Waals surface area contributed by atoms with Gasteiger partial charge in [-0.25, -0.2) is 4.98 Å². The number of aryl methyl sites for hydroxylation is 1. The molecule has 0 atom stereocenters. The van der Waals surface area contributed by atoms with Crippen LogP contribution in [0.3, 0.4) is 0 Å². The van der Waals surface area contributed by atoms with Gasteiger partial charge in [-0.3, -0.25) is 5.41 Å². The Hall–Kier alpha value is -2.31. The first-order valence-corrected chi connectivity index (χ1v) is 6.42. The predicted octanol–water partition coefficient (Wildman–Crippen LogP) is 3.13. The number of benzene rings is 1. The average molecular weight is 296 g/mol. The summed E-state index contributed by atoms with van der Waals surface area (Å²) < 4.78 is 40.9. The first-order valence-electron chi connectivity index (χ1n) is 6.42. The van der Waals surface area contributed by atoms with Crippen LogP contribution in [0, 0.1) is 5.41 Å². The highest BCUT2D eigenvalue weighted by molar-refractivity contribution is 5.96. The third-order valence-corrected chi connectivity index (χ3v) is 3.07. The Morgan fingerprint density at radius 3 is 2.67 bits per heavy atom. The topological polar surface area (TPSA) is 67.7 Å². The third kappa shape index (κ3) is 3.07. The van der Waals surface area contributed by atoms with Crippen LogP contribution < -0.4 is 5.73 Å². The van der Waals surface area contributed by atoms with E-state index in [0.717, 1.165) is 12.5 Å². The summed E-state index contributed by atoms with van der Waals surface area (Å²) in [6.45, 7) is 1.97. The van der Waals surface area contributed by atoms with E-state index < -0.39 is 17.6 Å². The standard InChI is InChI=1S/C14H15F3N4/c1-2-3-12-20-6-7-21(12)9-4-5-10(13(18)19)11(8-9)14(15,16)17/h4-8H,2-3H2,1H3,(H3,18,19). The van der Waals surface area contributed by atoms with Crippen molar-refractivity contribution >= 4 is 5.84 Å². The average Bonchev–Trinajstić information content (AvgIpc) is 2.85. The summed E-state index contributed by atoms with van der Waals surface area (Å²) in [4.78, 5) is 4.15. The van der Waals surface area contributed by atoms with Gasteiger partial charge < -0.3 is 10.3 Å². The van der Waals surface area contributed by atoms with E-state index in [9.17, 15) is 13.2 Å².